The second-order valence-corrected chi connectivity index (χ2v) is 4.96. The third-order valence-electron chi connectivity index (χ3n) is 3.46. The Bertz CT molecular complexity index is 600. The fourth-order valence-corrected chi connectivity index (χ4v) is 2.40. The number of nitrogen functional groups attached to an aromatic ring is 1. The Kier molecular flexibility index (Phi) is 4.23. The van der Waals surface area contributed by atoms with Crippen molar-refractivity contribution in [3.05, 3.63) is 29.3 Å². The molecule has 1 atom stereocenters. The van der Waals surface area contributed by atoms with E-state index in [9.17, 15) is 14.4 Å². The standard InChI is InChI=1S/C14H18N4O3/c1-3-11-13(20)16-12(19)7-18(11)14(21)9-6-8(2)4-5-10(9)17-15/h4-6,11,17H,3,7,15H2,1-2H3,(H,16,19,20). The molecule has 7 nitrogen and oxygen atoms in total. The molecule has 4 N–H and O–H groups in total. The van der Waals surface area contributed by atoms with Crippen LogP contribution >= 0.6 is 0 Å². The van der Waals surface area contributed by atoms with E-state index in [-0.39, 0.29) is 12.5 Å². The van der Waals surface area contributed by atoms with Crippen molar-refractivity contribution in [2.45, 2.75) is 26.3 Å². The molecule has 3 amide bonds. The molecule has 0 saturated carbocycles. The van der Waals surface area contributed by atoms with E-state index >= 15 is 0 Å². The van der Waals surface area contributed by atoms with Crippen molar-refractivity contribution in [2.24, 2.45) is 5.84 Å². The van der Waals surface area contributed by atoms with Gasteiger partial charge in [-0.3, -0.25) is 25.5 Å². The second kappa shape index (κ2) is 5.92. The fraction of sp³-hybridized carbons (Fsp3) is 0.357. The topological polar surface area (TPSA) is 105 Å². The Hall–Kier alpha value is -2.41. The number of carbonyl (C=O) groups excluding carboxylic acids is 3. The maximum absolute atomic E-state index is 12.7. The molecule has 1 heterocycles. The number of anilines is 1. The minimum Gasteiger partial charge on any atom is -0.323 e. The van der Waals surface area contributed by atoms with E-state index in [1.807, 2.05) is 13.0 Å². The number of nitrogens with two attached hydrogens (primary N) is 1. The van der Waals surface area contributed by atoms with Crippen molar-refractivity contribution >= 4 is 23.4 Å². The zero-order valence-electron chi connectivity index (χ0n) is 12.0. The SMILES string of the molecule is CCC1C(=O)NC(=O)CN1C(=O)c1cc(C)ccc1NN. The van der Waals surface area contributed by atoms with Crippen molar-refractivity contribution in [2.75, 3.05) is 12.0 Å². The zero-order chi connectivity index (χ0) is 15.6. The third-order valence-corrected chi connectivity index (χ3v) is 3.46. The summed E-state index contributed by atoms with van der Waals surface area (Å²) in [5, 5.41) is 2.24. The zero-order valence-corrected chi connectivity index (χ0v) is 12.0. The van der Waals surface area contributed by atoms with Crippen LogP contribution in [0, 0.1) is 6.92 Å². The van der Waals surface area contributed by atoms with E-state index < -0.39 is 17.9 Å². The number of aryl methyl sites for hydroxylation is 1. The average molecular weight is 290 g/mol. The number of hydrogen-bond acceptors (Lipinski definition) is 5. The number of carbonyl (C=O) groups is 3. The summed E-state index contributed by atoms with van der Waals surface area (Å²) in [6, 6.07) is 4.54. The van der Waals surface area contributed by atoms with Crippen molar-refractivity contribution in [3.8, 4) is 0 Å². The minimum absolute atomic E-state index is 0.138. The summed E-state index contributed by atoms with van der Waals surface area (Å²) in [4.78, 5) is 37.4. The van der Waals surface area contributed by atoms with Gasteiger partial charge in [-0.15, -0.1) is 0 Å². The van der Waals surface area contributed by atoms with Gasteiger partial charge in [0.15, 0.2) is 0 Å². The van der Waals surface area contributed by atoms with Crippen molar-refractivity contribution in [1.29, 1.82) is 0 Å². The highest BCUT2D eigenvalue weighted by Gasteiger charge is 2.36. The van der Waals surface area contributed by atoms with Crippen LogP contribution in [0.5, 0.6) is 0 Å². The predicted molar refractivity (Wildman–Crippen MR) is 77.3 cm³/mol. The quantitative estimate of drug-likeness (QED) is 0.418. The third kappa shape index (κ3) is 2.87. The molecule has 1 unspecified atom stereocenters. The first kappa shape index (κ1) is 15.0. The number of hydrazine groups is 1. The van der Waals surface area contributed by atoms with E-state index in [0.29, 0.717) is 17.7 Å². The highest BCUT2D eigenvalue weighted by atomic mass is 16.2. The summed E-state index contributed by atoms with van der Waals surface area (Å²) in [6.07, 6.45) is 0.433. The molecule has 7 heteroatoms. The molecule has 0 radical (unpaired) electrons. The van der Waals surface area contributed by atoms with Crippen LogP contribution in [0.1, 0.15) is 29.3 Å². The molecule has 0 bridgehead atoms. The lowest BCUT2D eigenvalue weighted by Crippen LogP contribution is -2.59. The molecule has 1 aromatic rings. The van der Waals surface area contributed by atoms with E-state index in [2.05, 4.69) is 10.7 Å². The summed E-state index contributed by atoms with van der Waals surface area (Å²) in [6.45, 7) is 3.50. The molecule has 1 aliphatic rings. The first-order valence-electron chi connectivity index (χ1n) is 6.69. The van der Waals surface area contributed by atoms with Gasteiger partial charge in [0.25, 0.3) is 5.91 Å². The van der Waals surface area contributed by atoms with Gasteiger partial charge < -0.3 is 10.3 Å². The van der Waals surface area contributed by atoms with Gasteiger partial charge in [-0.2, -0.15) is 0 Å². The number of nitrogens with zero attached hydrogens (tertiary/aromatic N) is 1. The first-order valence-corrected chi connectivity index (χ1v) is 6.69. The highest BCUT2D eigenvalue weighted by Crippen LogP contribution is 2.21. The molecule has 0 aromatic heterocycles. The van der Waals surface area contributed by atoms with Gasteiger partial charge in [0.2, 0.25) is 11.8 Å². The smallest absolute Gasteiger partial charge is 0.257 e. The van der Waals surface area contributed by atoms with E-state index in [1.54, 1.807) is 19.1 Å². The fourth-order valence-electron chi connectivity index (χ4n) is 2.40. The Morgan fingerprint density at radius 2 is 2.19 bits per heavy atom. The first-order chi connectivity index (χ1) is 9.97. The molecule has 1 aliphatic heterocycles. The molecule has 112 valence electrons. The molecule has 1 saturated heterocycles. The van der Waals surface area contributed by atoms with Gasteiger partial charge in [0.1, 0.15) is 12.6 Å². The van der Waals surface area contributed by atoms with Crippen LogP contribution in [-0.2, 0) is 9.59 Å². The Morgan fingerprint density at radius 1 is 1.48 bits per heavy atom. The van der Waals surface area contributed by atoms with Crippen LogP contribution < -0.4 is 16.6 Å². The monoisotopic (exact) mass is 290 g/mol. The predicted octanol–water partition coefficient (Wildman–Crippen LogP) is 0.158. The molecule has 1 aromatic carbocycles. The van der Waals surface area contributed by atoms with Gasteiger partial charge in [-0.05, 0) is 25.5 Å². The molecule has 2 rings (SSSR count). The molecule has 0 aliphatic carbocycles. The molecular weight excluding hydrogens is 272 g/mol. The second-order valence-electron chi connectivity index (χ2n) is 4.96. The van der Waals surface area contributed by atoms with E-state index in [4.69, 9.17) is 5.84 Å². The van der Waals surface area contributed by atoms with Gasteiger partial charge in [-0.1, -0.05) is 18.6 Å². The summed E-state index contributed by atoms with van der Waals surface area (Å²) in [7, 11) is 0. The Balaban J connectivity index is 2.39. The minimum atomic E-state index is -0.652. The van der Waals surface area contributed by atoms with Gasteiger partial charge >= 0.3 is 0 Å². The summed E-state index contributed by atoms with van der Waals surface area (Å²) in [5.41, 5.74) is 4.16. The molecule has 21 heavy (non-hydrogen) atoms. The summed E-state index contributed by atoms with van der Waals surface area (Å²) in [5.74, 6) is 4.11. The lowest BCUT2D eigenvalue weighted by molar-refractivity contribution is -0.138. The van der Waals surface area contributed by atoms with Crippen molar-refractivity contribution in [3.63, 3.8) is 0 Å². The molecular formula is C14H18N4O3. The lowest BCUT2D eigenvalue weighted by atomic mass is 10.0. The Labute approximate surface area is 122 Å². The summed E-state index contributed by atoms with van der Waals surface area (Å²) >= 11 is 0. The van der Waals surface area contributed by atoms with E-state index in [1.165, 1.54) is 4.90 Å². The van der Waals surface area contributed by atoms with Gasteiger partial charge in [0.05, 0.1) is 11.3 Å². The normalized spacial score (nSPS) is 18.4. The number of amides is 3. The van der Waals surface area contributed by atoms with Crippen molar-refractivity contribution < 1.29 is 14.4 Å². The van der Waals surface area contributed by atoms with E-state index in [0.717, 1.165) is 5.56 Å². The Morgan fingerprint density at radius 3 is 2.81 bits per heavy atom. The molecule has 1 fully saturated rings. The van der Waals surface area contributed by atoms with Gasteiger partial charge in [-0.25, -0.2) is 0 Å². The largest absolute Gasteiger partial charge is 0.323 e. The van der Waals surface area contributed by atoms with Crippen LogP contribution in [0.15, 0.2) is 18.2 Å². The number of benzene rings is 1. The lowest BCUT2D eigenvalue weighted by Gasteiger charge is -2.33. The average Bonchev–Trinajstić information content (AvgIpc) is 2.45. The molecule has 0 spiro atoms. The summed E-state index contributed by atoms with van der Waals surface area (Å²) < 4.78 is 0. The maximum atomic E-state index is 12.7. The number of nitrogens with one attached hydrogen (secondary N) is 2. The maximum Gasteiger partial charge on any atom is 0.257 e. The van der Waals surface area contributed by atoms with Crippen LogP contribution in [-0.4, -0.2) is 35.2 Å². The van der Waals surface area contributed by atoms with Crippen LogP contribution in [0.3, 0.4) is 0 Å². The van der Waals surface area contributed by atoms with Gasteiger partial charge in [0, 0.05) is 0 Å². The highest BCUT2D eigenvalue weighted by molar-refractivity contribution is 6.08. The van der Waals surface area contributed by atoms with Crippen LogP contribution in [0.25, 0.3) is 0 Å². The number of hydrogen-bond donors (Lipinski definition) is 3. The number of piperazine rings is 1. The van der Waals surface area contributed by atoms with Crippen LogP contribution in [0.4, 0.5) is 5.69 Å². The van der Waals surface area contributed by atoms with Crippen molar-refractivity contribution in [1.82, 2.24) is 10.2 Å². The number of rotatable bonds is 3. The van der Waals surface area contributed by atoms with Crippen LogP contribution in [0.2, 0.25) is 0 Å². The number of imide groups is 1.